The van der Waals surface area contributed by atoms with Gasteiger partial charge in [-0.3, -0.25) is 12.9 Å². The molecule has 3 aromatic carbocycles. The number of carbonyl (C=O) groups excluding carboxylic acids is 1. The average molecular weight is 510 g/mol. The Morgan fingerprint density at radius 3 is 1.57 bits per heavy atom. The molecular weight excluding hydrogens is 483 g/mol. The monoisotopic (exact) mass is 510 g/mol. The fourth-order valence-electron chi connectivity index (χ4n) is 3.16. The molecule has 0 radical (unpaired) electrons. The summed E-state index contributed by atoms with van der Waals surface area (Å²) < 4.78 is 40.5. The molecule has 0 N–H and O–H groups in total. The van der Waals surface area contributed by atoms with Crippen LogP contribution in [0, 0.1) is 0 Å². The van der Waals surface area contributed by atoms with Gasteiger partial charge in [0.25, 0.3) is 0 Å². The third-order valence-corrected chi connectivity index (χ3v) is 4.62. The van der Waals surface area contributed by atoms with Crippen LogP contribution in [0.3, 0.4) is 0 Å². The molecule has 3 nitrogen and oxygen atoms in total. The lowest BCUT2D eigenvalue weighted by atomic mass is 10.0. The number of halogens is 4. The molecule has 0 fully saturated rings. The maximum atomic E-state index is 11.6. The topological polar surface area (TPSA) is 37.6 Å². The van der Waals surface area contributed by atoms with E-state index in [-0.39, 0.29) is 10.7 Å². The first-order valence-electron chi connectivity index (χ1n) is 11.4. The van der Waals surface area contributed by atoms with E-state index in [1.54, 1.807) is 25.1 Å². The molecule has 0 saturated heterocycles. The number of ether oxygens (including phenoxy) is 1. The molecule has 37 heavy (non-hydrogen) atoms. The zero-order chi connectivity index (χ0) is 26.3. The number of benzene rings is 3. The average Bonchev–Trinajstić information content (AvgIpc) is 2.91. The van der Waals surface area contributed by atoms with Gasteiger partial charge >= 0.3 is 25.0 Å². The summed E-state index contributed by atoms with van der Waals surface area (Å²) in [6.07, 6.45) is 3.05. The number of rotatable bonds is 5. The van der Waals surface area contributed by atoms with Crippen LogP contribution in [0.15, 0.2) is 114 Å². The molecule has 0 aliphatic rings. The van der Waals surface area contributed by atoms with Crippen LogP contribution in [0.2, 0.25) is 0 Å². The second kappa shape index (κ2) is 16.5. The Kier molecular flexibility index (Phi) is 13.7. The molecule has 0 atom stereocenters. The SMILES string of the molecule is CC.CC=CC(=O)Oc1ccc(-c2cc(-c3ccccc3)[o+]c(-c3ccccc3)c2)cc1.FB(F)F.[F-]. The normalized spacial score (nSPS) is 9.68. The molecule has 4 rings (SSSR count). The minimum Gasteiger partial charge on any atom is -1.00 e. The van der Waals surface area contributed by atoms with Crippen molar-refractivity contribution in [3.63, 3.8) is 0 Å². The largest absolute Gasteiger partial charge is 1.00 e. The molecule has 0 aliphatic heterocycles. The minimum atomic E-state index is -3.67. The smallest absolute Gasteiger partial charge is 0.762 e. The van der Waals surface area contributed by atoms with Crippen LogP contribution < -0.4 is 9.44 Å². The summed E-state index contributed by atoms with van der Waals surface area (Å²) in [6.45, 7) is 5.78. The van der Waals surface area contributed by atoms with Crippen LogP contribution in [0.1, 0.15) is 20.8 Å². The lowest BCUT2D eigenvalue weighted by Crippen LogP contribution is -3.00. The van der Waals surface area contributed by atoms with Gasteiger partial charge in [-0.1, -0.05) is 68.5 Å². The van der Waals surface area contributed by atoms with E-state index in [1.165, 1.54) is 6.08 Å². The number of allylic oxidation sites excluding steroid dienone is 1. The van der Waals surface area contributed by atoms with Gasteiger partial charge in [0, 0.05) is 11.6 Å². The Morgan fingerprint density at radius 2 is 1.16 bits per heavy atom. The van der Waals surface area contributed by atoms with Gasteiger partial charge in [0.15, 0.2) is 0 Å². The van der Waals surface area contributed by atoms with Crippen molar-refractivity contribution >= 4 is 13.5 Å². The maximum absolute atomic E-state index is 11.6. The number of carbonyl (C=O) groups is 1. The van der Waals surface area contributed by atoms with Crippen molar-refractivity contribution in [1.29, 1.82) is 0 Å². The van der Waals surface area contributed by atoms with E-state index in [1.807, 2.05) is 98.8 Å². The molecule has 0 saturated carbocycles. The summed E-state index contributed by atoms with van der Waals surface area (Å²) in [5.74, 6) is 1.70. The van der Waals surface area contributed by atoms with E-state index in [9.17, 15) is 17.7 Å². The van der Waals surface area contributed by atoms with E-state index in [4.69, 9.17) is 9.15 Å². The summed E-state index contributed by atoms with van der Waals surface area (Å²) in [5, 5.41) is 0. The van der Waals surface area contributed by atoms with Gasteiger partial charge < -0.3 is 9.44 Å². The van der Waals surface area contributed by atoms with Gasteiger partial charge in [-0.25, -0.2) is 9.21 Å². The lowest BCUT2D eigenvalue weighted by molar-refractivity contribution is -0.129. The molecule has 0 unspecified atom stereocenters. The van der Waals surface area contributed by atoms with E-state index in [2.05, 4.69) is 0 Å². The molecule has 0 amide bonds. The summed E-state index contributed by atoms with van der Waals surface area (Å²) >= 11 is 0. The second-order valence-corrected chi connectivity index (χ2v) is 7.00. The zero-order valence-electron chi connectivity index (χ0n) is 20.7. The summed E-state index contributed by atoms with van der Waals surface area (Å²) in [6, 6.07) is 31.6. The van der Waals surface area contributed by atoms with Gasteiger partial charge in [0.05, 0.1) is 23.3 Å². The molecule has 192 valence electrons. The fraction of sp³-hybridized carbons (Fsp3) is 0.103. The molecule has 0 aliphatic carbocycles. The lowest BCUT2D eigenvalue weighted by Gasteiger charge is -2.05. The first-order valence-corrected chi connectivity index (χ1v) is 11.4. The Morgan fingerprint density at radius 1 is 0.730 bits per heavy atom. The van der Waals surface area contributed by atoms with Crippen molar-refractivity contribution < 1.29 is 31.6 Å². The predicted octanol–water partition coefficient (Wildman–Crippen LogP) is 5.95. The quantitative estimate of drug-likeness (QED) is 0.0832. The van der Waals surface area contributed by atoms with Gasteiger partial charge in [0.2, 0.25) is 0 Å². The summed E-state index contributed by atoms with van der Waals surface area (Å²) in [5.41, 5.74) is 4.04. The van der Waals surface area contributed by atoms with E-state index < -0.39 is 7.54 Å². The first kappa shape index (κ1) is 30.8. The zero-order valence-corrected chi connectivity index (χ0v) is 20.7. The molecular formula is C29H27BF4O3. The number of hydrogen-bond donors (Lipinski definition) is 0. The highest BCUT2D eigenvalue weighted by atomic mass is 19.4. The van der Waals surface area contributed by atoms with Crippen molar-refractivity contribution in [3.05, 3.63) is 109 Å². The fourth-order valence-corrected chi connectivity index (χ4v) is 3.16. The molecule has 4 aromatic rings. The Bertz CT molecular complexity index is 1170. The third-order valence-electron chi connectivity index (χ3n) is 4.62. The Balaban J connectivity index is 0.000000894. The second-order valence-electron chi connectivity index (χ2n) is 7.00. The highest BCUT2D eigenvalue weighted by Gasteiger charge is 2.20. The van der Waals surface area contributed by atoms with Crippen molar-refractivity contribution in [2.75, 3.05) is 0 Å². The third kappa shape index (κ3) is 10.1. The van der Waals surface area contributed by atoms with Crippen LogP contribution in [0.25, 0.3) is 33.8 Å². The van der Waals surface area contributed by atoms with Crippen LogP contribution >= 0.6 is 0 Å². The van der Waals surface area contributed by atoms with Crippen molar-refractivity contribution in [1.82, 2.24) is 0 Å². The molecule has 0 spiro atoms. The predicted molar refractivity (Wildman–Crippen MR) is 140 cm³/mol. The minimum absolute atomic E-state index is 0. The summed E-state index contributed by atoms with van der Waals surface area (Å²) in [7, 11) is -3.67. The van der Waals surface area contributed by atoms with E-state index in [0.29, 0.717) is 5.75 Å². The standard InChI is InChI=1S/C27H21O3.C2H6.BF3.FH/c1-2-9-27(28)29-24-16-14-20(15-17-24)23-18-25(21-10-5-3-6-11-21)30-26(19-23)22-12-7-4-8-13-22;1-2;2-1(3)4;/h2-19H,1H3;1-2H3;;1H/q+1;;;/p-1. The van der Waals surface area contributed by atoms with Crippen molar-refractivity contribution in [3.8, 4) is 39.5 Å². The Labute approximate surface area is 214 Å². The first-order chi connectivity index (χ1) is 17.5. The number of hydrogen-bond acceptors (Lipinski definition) is 2. The molecule has 0 bridgehead atoms. The van der Waals surface area contributed by atoms with Crippen LogP contribution in [0.4, 0.5) is 12.9 Å². The van der Waals surface area contributed by atoms with E-state index in [0.717, 1.165) is 33.8 Å². The highest BCUT2D eigenvalue weighted by Crippen LogP contribution is 2.33. The van der Waals surface area contributed by atoms with Crippen LogP contribution in [-0.4, -0.2) is 13.5 Å². The van der Waals surface area contributed by atoms with Gasteiger partial charge in [0.1, 0.15) is 5.75 Å². The Hall–Kier alpha value is -4.20. The van der Waals surface area contributed by atoms with Gasteiger partial charge in [-0.2, -0.15) is 0 Å². The van der Waals surface area contributed by atoms with Crippen molar-refractivity contribution in [2.24, 2.45) is 0 Å². The van der Waals surface area contributed by atoms with Gasteiger partial charge in [-0.15, -0.1) is 0 Å². The summed E-state index contributed by atoms with van der Waals surface area (Å²) in [4.78, 5) is 11.6. The van der Waals surface area contributed by atoms with Crippen LogP contribution in [0.5, 0.6) is 5.75 Å². The van der Waals surface area contributed by atoms with Crippen LogP contribution in [-0.2, 0) is 4.79 Å². The van der Waals surface area contributed by atoms with E-state index >= 15 is 0 Å². The molecule has 1 heterocycles. The molecule has 1 aromatic heterocycles. The van der Waals surface area contributed by atoms with Gasteiger partial charge in [-0.05, 0) is 48.9 Å². The maximum Gasteiger partial charge on any atom is 0.762 e. The number of esters is 1. The molecule has 8 heteroatoms. The van der Waals surface area contributed by atoms with Crippen molar-refractivity contribution in [2.45, 2.75) is 20.8 Å². The highest BCUT2D eigenvalue weighted by molar-refractivity contribution is 6.33.